The molecular weight excluding hydrogens is 443 g/mol. The minimum absolute atomic E-state index is 0.0668. The Morgan fingerprint density at radius 1 is 1.28 bits per heavy atom. The van der Waals surface area contributed by atoms with E-state index in [9.17, 15) is 18.0 Å². The van der Waals surface area contributed by atoms with Crippen LogP contribution in [0.1, 0.15) is 42.7 Å². The van der Waals surface area contributed by atoms with Gasteiger partial charge in [0, 0.05) is 31.6 Å². The molecule has 0 aliphatic carbocycles. The Kier molecular flexibility index (Phi) is 9.09. The van der Waals surface area contributed by atoms with Gasteiger partial charge in [-0.3, -0.25) is 4.98 Å². The number of aromatic nitrogens is 1. The highest BCUT2D eigenvalue weighted by Crippen LogP contribution is 2.36. The molecule has 0 unspecified atom stereocenters. The molecule has 174 valence electrons. The molecule has 1 aromatic carbocycles. The van der Waals surface area contributed by atoms with Crippen LogP contribution >= 0.6 is 11.6 Å². The number of aryl methyl sites for hydroxylation is 1. The van der Waals surface area contributed by atoms with Gasteiger partial charge in [0.2, 0.25) is 0 Å². The highest BCUT2D eigenvalue weighted by Gasteiger charge is 2.33. The first kappa shape index (κ1) is 25.7. The van der Waals surface area contributed by atoms with Gasteiger partial charge in [-0.05, 0) is 54.7 Å². The Morgan fingerprint density at radius 3 is 2.53 bits per heavy atom. The van der Waals surface area contributed by atoms with Crippen LogP contribution < -0.4 is 5.32 Å². The maximum Gasteiger partial charge on any atom is 0.417 e. The summed E-state index contributed by atoms with van der Waals surface area (Å²) in [7, 11) is 0. The van der Waals surface area contributed by atoms with Gasteiger partial charge < -0.3 is 15.3 Å². The fourth-order valence-corrected chi connectivity index (χ4v) is 3.62. The number of anilines is 1. The number of alkyl halides is 3. The molecule has 2 amide bonds. The molecular formula is C23H27ClF3N3O2. The summed E-state index contributed by atoms with van der Waals surface area (Å²) in [6.45, 7) is 6.83. The average molecular weight is 470 g/mol. The van der Waals surface area contributed by atoms with Crippen molar-refractivity contribution in [2.24, 2.45) is 0 Å². The first-order valence-electron chi connectivity index (χ1n) is 10.4. The smallest absolute Gasteiger partial charge is 0.396 e. The van der Waals surface area contributed by atoms with Crippen LogP contribution in [0, 0.1) is 6.92 Å². The van der Waals surface area contributed by atoms with E-state index in [2.05, 4.69) is 10.3 Å². The number of aliphatic hydroxyl groups is 1. The number of amides is 2. The lowest BCUT2D eigenvalue weighted by Crippen LogP contribution is -2.38. The Hall–Kier alpha value is -2.58. The summed E-state index contributed by atoms with van der Waals surface area (Å²) in [6.07, 6.45) is 0.274. The van der Waals surface area contributed by atoms with E-state index in [-0.39, 0.29) is 12.3 Å². The number of benzene rings is 1. The number of carbonyl (C=O) groups excluding carboxylic acids is 1. The predicted molar refractivity (Wildman–Crippen MR) is 121 cm³/mol. The van der Waals surface area contributed by atoms with Gasteiger partial charge in [-0.2, -0.15) is 13.2 Å². The third-order valence-corrected chi connectivity index (χ3v) is 5.17. The largest absolute Gasteiger partial charge is 0.417 e. The second-order valence-electron chi connectivity index (χ2n) is 7.03. The van der Waals surface area contributed by atoms with Crippen molar-refractivity contribution < 1.29 is 23.1 Å². The molecule has 0 saturated heterocycles. The third kappa shape index (κ3) is 6.46. The van der Waals surface area contributed by atoms with Gasteiger partial charge in [0.1, 0.15) is 0 Å². The minimum Gasteiger partial charge on any atom is -0.396 e. The number of urea groups is 1. The molecule has 2 aromatic rings. The molecule has 0 spiro atoms. The first-order valence-corrected chi connectivity index (χ1v) is 10.8. The van der Waals surface area contributed by atoms with Crippen LogP contribution in [0.4, 0.5) is 23.7 Å². The van der Waals surface area contributed by atoms with E-state index in [1.807, 2.05) is 32.9 Å². The zero-order chi connectivity index (χ0) is 23.9. The van der Waals surface area contributed by atoms with Crippen LogP contribution in [0.3, 0.4) is 0 Å². The van der Waals surface area contributed by atoms with Crippen LogP contribution in [0.15, 0.2) is 36.5 Å². The highest BCUT2D eigenvalue weighted by molar-refractivity contribution is 6.31. The lowest BCUT2D eigenvalue weighted by atomic mass is 9.99. The average Bonchev–Trinajstić information content (AvgIpc) is 2.75. The normalized spacial score (nSPS) is 13.8. The highest BCUT2D eigenvalue weighted by atomic mass is 35.5. The Bertz CT molecular complexity index is 977. The topological polar surface area (TPSA) is 65.5 Å². The quantitative estimate of drug-likeness (QED) is 0.582. The summed E-state index contributed by atoms with van der Waals surface area (Å²) >= 11 is 5.70. The van der Waals surface area contributed by atoms with Gasteiger partial charge in [0.25, 0.3) is 0 Å². The van der Waals surface area contributed by atoms with Gasteiger partial charge in [0.15, 0.2) is 0 Å². The standard InChI is InChI=1S/C21H21ClF3N3O2.C2H6/c1-13-10-14(6-9-29)12-26-19(13)15-4-7-28(8-5-15)20(30)27-16-2-3-17(18(22)11-16)21(23,24)25;1-2/h2-4,10-12,29H,5-9H2,1H3,(H,27,30);1-2H3. The van der Waals surface area contributed by atoms with Crippen molar-refractivity contribution in [3.8, 4) is 0 Å². The zero-order valence-corrected chi connectivity index (χ0v) is 19.0. The summed E-state index contributed by atoms with van der Waals surface area (Å²) in [4.78, 5) is 18.5. The van der Waals surface area contributed by atoms with E-state index in [0.29, 0.717) is 25.9 Å². The summed E-state index contributed by atoms with van der Waals surface area (Å²) < 4.78 is 38.4. The van der Waals surface area contributed by atoms with E-state index >= 15 is 0 Å². The van der Waals surface area contributed by atoms with Crippen molar-refractivity contribution in [2.45, 2.75) is 39.8 Å². The van der Waals surface area contributed by atoms with Crippen molar-refractivity contribution in [1.29, 1.82) is 0 Å². The monoisotopic (exact) mass is 469 g/mol. The molecule has 2 N–H and O–H groups in total. The summed E-state index contributed by atoms with van der Waals surface area (Å²) in [5.41, 5.74) is 3.12. The number of nitrogens with one attached hydrogen (secondary N) is 1. The minimum atomic E-state index is -4.55. The molecule has 0 saturated carbocycles. The second kappa shape index (κ2) is 11.3. The zero-order valence-electron chi connectivity index (χ0n) is 18.3. The Balaban J connectivity index is 0.00000176. The Labute approximate surface area is 190 Å². The molecule has 1 aliphatic heterocycles. The number of carbonyl (C=O) groups is 1. The third-order valence-electron chi connectivity index (χ3n) is 4.86. The van der Waals surface area contributed by atoms with Crippen molar-refractivity contribution in [3.63, 3.8) is 0 Å². The molecule has 3 rings (SSSR count). The lowest BCUT2D eigenvalue weighted by molar-refractivity contribution is -0.137. The summed E-state index contributed by atoms with van der Waals surface area (Å²) in [5.74, 6) is 0. The maximum absolute atomic E-state index is 12.8. The van der Waals surface area contributed by atoms with Gasteiger partial charge >= 0.3 is 12.2 Å². The van der Waals surface area contributed by atoms with Crippen LogP contribution in [-0.2, 0) is 12.6 Å². The lowest BCUT2D eigenvalue weighted by Gasteiger charge is -2.27. The van der Waals surface area contributed by atoms with E-state index in [4.69, 9.17) is 16.7 Å². The fraction of sp³-hybridized carbons (Fsp3) is 0.391. The molecule has 0 radical (unpaired) electrons. The molecule has 5 nitrogen and oxygen atoms in total. The predicted octanol–water partition coefficient (Wildman–Crippen LogP) is 5.94. The maximum atomic E-state index is 12.8. The molecule has 1 aromatic heterocycles. The number of aliphatic hydroxyl groups excluding tert-OH is 1. The molecule has 1 aliphatic rings. The molecule has 32 heavy (non-hydrogen) atoms. The van der Waals surface area contributed by atoms with Crippen molar-refractivity contribution in [2.75, 3.05) is 25.0 Å². The number of halogens is 4. The number of rotatable bonds is 4. The van der Waals surface area contributed by atoms with Crippen molar-refractivity contribution in [3.05, 3.63) is 63.9 Å². The Morgan fingerprint density at radius 2 is 2.00 bits per heavy atom. The van der Waals surface area contributed by atoms with Crippen LogP contribution in [0.2, 0.25) is 5.02 Å². The SMILES string of the molecule is CC.Cc1cc(CCO)cnc1C1=CCN(C(=O)Nc2ccc(C(F)(F)F)c(Cl)c2)CC1. The van der Waals surface area contributed by atoms with Crippen molar-refractivity contribution >= 4 is 28.9 Å². The number of nitrogens with zero attached hydrogens (tertiary/aromatic N) is 2. The van der Waals surface area contributed by atoms with Gasteiger partial charge in [-0.15, -0.1) is 0 Å². The molecule has 0 bridgehead atoms. The van der Waals surface area contributed by atoms with Crippen LogP contribution in [-0.4, -0.2) is 40.7 Å². The molecule has 0 atom stereocenters. The number of hydrogen-bond donors (Lipinski definition) is 2. The first-order chi connectivity index (χ1) is 15.2. The summed E-state index contributed by atoms with van der Waals surface area (Å²) in [5, 5.41) is 11.2. The second-order valence-corrected chi connectivity index (χ2v) is 7.44. The van der Waals surface area contributed by atoms with Crippen LogP contribution in [0.5, 0.6) is 0 Å². The van der Waals surface area contributed by atoms with Gasteiger partial charge in [-0.1, -0.05) is 37.6 Å². The molecule has 0 fully saturated rings. The summed E-state index contributed by atoms with van der Waals surface area (Å²) in [6, 6.07) is 4.70. The van der Waals surface area contributed by atoms with Gasteiger partial charge in [-0.25, -0.2) is 4.79 Å². The van der Waals surface area contributed by atoms with E-state index in [1.165, 1.54) is 6.07 Å². The number of hydrogen-bond acceptors (Lipinski definition) is 3. The van der Waals surface area contributed by atoms with Crippen LogP contribution in [0.25, 0.3) is 5.57 Å². The number of pyridine rings is 1. The van der Waals surface area contributed by atoms with E-state index < -0.39 is 22.8 Å². The van der Waals surface area contributed by atoms with E-state index in [1.54, 1.807) is 11.1 Å². The van der Waals surface area contributed by atoms with E-state index in [0.717, 1.165) is 34.5 Å². The molecule has 2 heterocycles. The van der Waals surface area contributed by atoms with Gasteiger partial charge in [0.05, 0.1) is 16.3 Å². The molecule has 9 heteroatoms. The fourth-order valence-electron chi connectivity index (χ4n) is 3.33. The van der Waals surface area contributed by atoms with Crippen molar-refractivity contribution in [1.82, 2.24) is 9.88 Å².